The third kappa shape index (κ3) is 5.29. The van der Waals surface area contributed by atoms with E-state index in [0.717, 1.165) is 6.42 Å². The van der Waals surface area contributed by atoms with Crippen LogP contribution in [0.5, 0.6) is 0 Å². The van der Waals surface area contributed by atoms with Crippen molar-refractivity contribution in [3.63, 3.8) is 0 Å². The number of hydrogen-bond donors (Lipinski definition) is 2. The molecule has 0 fully saturated rings. The molecule has 5 nitrogen and oxygen atoms in total. The largest absolute Gasteiger partial charge is 0.703 e. The van der Waals surface area contributed by atoms with Crippen molar-refractivity contribution >= 4 is 15.9 Å². The summed E-state index contributed by atoms with van der Waals surface area (Å²) in [4.78, 5) is 17.4. The van der Waals surface area contributed by atoms with Crippen LogP contribution in [0, 0.1) is 0 Å². The van der Waals surface area contributed by atoms with E-state index in [1.807, 2.05) is 6.92 Å². The van der Waals surface area contributed by atoms with E-state index in [1.54, 1.807) is 0 Å². The van der Waals surface area contributed by atoms with Crippen LogP contribution in [0.2, 0.25) is 0 Å². The molecule has 2 atom stereocenters. The summed E-state index contributed by atoms with van der Waals surface area (Å²) in [5.41, 5.74) is 0. The smallest absolute Gasteiger partial charge is 0.319 e. The topological polar surface area (TPSA) is 83.8 Å². The van der Waals surface area contributed by atoms with Crippen LogP contribution in [0.25, 0.3) is 0 Å². The first-order chi connectivity index (χ1) is 5.90. The standard InChI is InChI=1S/C6H12O5P2/c1-3-4-5-6(2)13(9,10)11-12(7)8/h5H,3-4H2,1-2H3,(H-,7,8,9,10)/p+1. The van der Waals surface area contributed by atoms with Crippen molar-refractivity contribution < 1.29 is 23.2 Å². The second-order valence-corrected chi connectivity index (χ2v) is 5.35. The van der Waals surface area contributed by atoms with Crippen LogP contribution in [0.3, 0.4) is 0 Å². The van der Waals surface area contributed by atoms with Crippen molar-refractivity contribution in [3.8, 4) is 0 Å². The van der Waals surface area contributed by atoms with Gasteiger partial charge in [0, 0.05) is 9.88 Å². The Morgan fingerprint density at radius 2 is 2.23 bits per heavy atom. The molecule has 0 bridgehead atoms. The minimum atomic E-state index is -4.04. The summed E-state index contributed by atoms with van der Waals surface area (Å²) >= 11 is 0. The first kappa shape index (κ1) is 12.9. The summed E-state index contributed by atoms with van der Waals surface area (Å²) in [5.74, 6) is 0. The quantitative estimate of drug-likeness (QED) is 0.705. The van der Waals surface area contributed by atoms with Crippen molar-refractivity contribution in [1.29, 1.82) is 0 Å². The van der Waals surface area contributed by atoms with Gasteiger partial charge in [-0.1, -0.05) is 19.4 Å². The number of hydrogen-bond acceptors (Lipinski definition) is 3. The molecule has 0 aliphatic carbocycles. The van der Waals surface area contributed by atoms with Crippen molar-refractivity contribution in [2.45, 2.75) is 26.7 Å². The second kappa shape index (κ2) is 5.63. The first-order valence-electron chi connectivity index (χ1n) is 3.76. The van der Waals surface area contributed by atoms with Crippen LogP contribution in [0.4, 0.5) is 0 Å². The van der Waals surface area contributed by atoms with Crippen LogP contribution >= 0.6 is 15.9 Å². The Bertz CT molecular complexity index is 260. The summed E-state index contributed by atoms with van der Waals surface area (Å²) < 4.78 is 25.3. The van der Waals surface area contributed by atoms with Crippen molar-refractivity contribution in [3.05, 3.63) is 11.4 Å². The van der Waals surface area contributed by atoms with Crippen molar-refractivity contribution in [1.82, 2.24) is 0 Å². The lowest BCUT2D eigenvalue weighted by Gasteiger charge is -2.02. The average Bonchev–Trinajstić information content (AvgIpc) is 1.97. The minimum absolute atomic E-state index is 0.103. The molecule has 13 heavy (non-hydrogen) atoms. The molecule has 0 amide bonds. The van der Waals surface area contributed by atoms with Crippen molar-refractivity contribution in [2.75, 3.05) is 0 Å². The van der Waals surface area contributed by atoms with E-state index >= 15 is 0 Å². The highest BCUT2D eigenvalue weighted by molar-refractivity contribution is 7.63. The summed E-state index contributed by atoms with van der Waals surface area (Å²) in [7, 11) is -7.08. The molecule has 0 saturated heterocycles. The average molecular weight is 227 g/mol. The predicted molar refractivity (Wildman–Crippen MR) is 49.4 cm³/mol. The number of unbranched alkanes of at least 4 members (excludes halogenated alkanes) is 1. The van der Waals surface area contributed by atoms with E-state index in [1.165, 1.54) is 13.0 Å². The maximum absolute atomic E-state index is 11.2. The van der Waals surface area contributed by atoms with E-state index in [0.29, 0.717) is 6.42 Å². The lowest BCUT2D eigenvalue weighted by molar-refractivity contribution is 0.356. The molecule has 2 N–H and O–H groups in total. The van der Waals surface area contributed by atoms with Gasteiger partial charge in [0.05, 0.1) is 0 Å². The molecule has 76 valence electrons. The normalized spacial score (nSPS) is 18.2. The molecule has 0 aromatic heterocycles. The molecule has 7 heteroatoms. The van der Waals surface area contributed by atoms with Crippen LogP contribution < -0.4 is 0 Å². The van der Waals surface area contributed by atoms with Crippen LogP contribution in [0.15, 0.2) is 11.4 Å². The van der Waals surface area contributed by atoms with Crippen LogP contribution in [-0.2, 0) is 13.4 Å². The van der Waals surface area contributed by atoms with Gasteiger partial charge in [0.25, 0.3) is 0 Å². The lowest BCUT2D eigenvalue weighted by Crippen LogP contribution is -1.84. The highest BCUT2D eigenvalue weighted by Gasteiger charge is 2.34. The maximum Gasteiger partial charge on any atom is 0.703 e. The molecule has 0 aromatic rings. The summed E-state index contributed by atoms with van der Waals surface area (Å²) in [6.45, 7) is 3.31. The Kier molecular flexibility index (Phi) is 5.61. The fraction of sp³-hybridized carbons (Fsp3) is 0.667. The van der Waals surface area contributed by atoms with E-state index < -0.39 is 15.9 Å². The number of rotatable bonds is 5. The molecule has 0 radical (unpaired) electrons. The zero-order valence-corrected chi connectivity index (χ0v) is 9.29. The third-order valence-electron chi connectivity index (χ3n) is 1.35. The van der Waals surface area contributed by atoms with E-state index in [4.69, 9.17) is 9.79 Å². The van der Waals surface area contributed by atoms with Gasteiger partial charge in [0.15, 0.2) is 0 Å². The predicted octanol–water partition coefficient (Wildman–Crippen LogP) is 2.54. The van der Waals surface area contributed by atoms with Gasteiger partial charge in [-0.05, 0) is 17.7 Å². The molecule has 0 spiro atoms. The van der Waals surface area contributed by atoms with E-state index in [2.05, 4.69) is 4.31 Å². The van der Waals surface area contributed by atoms with Crippen LogP contribution in [-0.4, -0.2) is 9.79 Å². The van der Waals surface area contributed by atoms with E-state index in [-0.39, 0.29) is 5.31 Å². The Labute approximate surface area is 77.9 Å². The molecule has 0 aliphatic heterocycles. The van der Waals surface area contributed by atoms with Crippen molar-refractivity contribution in [2.24, 2.45) is 0 Å². The fourth-order valence-electron chi connectivity index (χ4n) is 0.628. The zero-order valence-electron chi connectivity index (χ0n) is 7.51. The van der Waals surface area contributed by atoms with E-state index in [9.17, 15) is 9.13 Å². The monoisotopic (exact) mass is 227 g/mol. The molecule has 0 aliphatic rings. The zero-order chi connectivity index (χ0) is 10.5. The Morgan fingerprint density at radius 3 is 2.62 bits per heavy atom. The SMILES string of the molecule is CCCC=C(C)P(=O)(O)O[P+](=O)O. The minimum Gasteiger partial charge on any atom is -0.319 e. The van der Waals surface area contributed by atoms with Gasteiger partial charge in [0.1, 0.15) is 0 Å². The summed E-state index contributed by atoms with van der Waals surface area (Å²) in [5, 5.41) is 0.103. The van der Waals surface area contributed by atoms with Gasteiger partial charge in [-0.3, -0.25) is 4.57 Å². The van der Waals surface area contributed by atoms with Gasteiger partial charge in [-0.25, -0.2) is 0 Å². The second-order valence-electron chi connectivity index (χ2n) is 2.47. The van der Waals surface area contributed by atoms with Crippen LogP contribution in [0.1, 0.15) is 26.7 Å². The molecular weight excluding hydrogens is 214 g/mol. The van der Waals surface area contributed by atoms with Gasteiger partial charge in [-0.15, -0.1) is 4.89 Å². The maximum atomic E-state index is 11.2. The molecule has 0 saturated carbocycles. The molecular formula is C6H13O5P2+. The Hall–Kier alpha value is -0.0500. The summed E-state index contributed by atoms with van der Waals surface area (Å²) in [6.07, 6.45) is 3.00. The lowest BCUT2D eigenvalue weighted by atomic mass is 10.3. The Morgan fingerprint density at radius 1 is 1.69 bits per heavy atom. The molecule has 0 rings (SSSR count). The number of allylic oxidation sites excluding steroid dienone is 2. The van der Waals surface area contributed by atoms with Gasteiger partial charge in [0.2, 0.25) is 0 Å². The molecule has 2 unspecified atom stereocenters. The highest BCUT2D eigenvalue weighted by atomic mass is 31.2. The molecule has 0 heterocycles. The fourth-order valence-corrected chi connectivity index (χ4v) is 2.26. The van der Waals surface area contributed by atoms with Gasteiger partial charge in [-0.2, -0.15) is 0 Å². The summed E-state index contributed by atoms with van der Waals surface area (Å²) in [6, 6.07) is 0. The highest BCUT2D eigenvalue weighted by Crippen LogP contribution is 2.56. The Balaban J connectivity index is 4.44. The first-order valence-corrected chi connectivity index (χ1v) is 6.47. The van der Waals surface area contributed by atoms with Gasteiger partial charge < -0.3 is 4.89 Å². The molecule has 0 aromatic carbocycles. The third-order valence-corrected chi connectivity index (χ3v) is 3.87. The van der Waals surface area contributed by atoms with Gasteiger partial charge >= 0.3 is 15.9 Å².